The van der Waals surface area contributed by atoms with Gasteiger partial charge in [0.15, 0.2) is 0 Å². The molecule has 0 rings (SSSR count). The van der Waals surface area contributed by atoms with Crippen LogP contribution in [0.2, 0.25) is 0 Å². The Morgan fingerprint density at radius 2 is 1.85 bits per heavy atom. The Kier molecular flexibility index (Phi) is 6.56. The lowest BCUT2D eigenvalue weighted by Crippen LogP contribution is -2.42. The molecule has 0 aliphatic heterocycles. The summed E-state index contributed by atoms with van der Waals surface area (Å²) < 4.78 is 0. The first-order valence-corrected chi connectivity index (χ1v) is 5.02. The van der Waals surface area contributed by atoms with E-state index in [0.717, 1.165) is 19.6 Å². The maximum absolute atomic E-state index is 8.88. The van der Waals surface area contributed by atoms with Gasteiger partial charge in [-0.1, -0.05) is 13.8 Å². The lowest BCUT2D eigenvalue weighted by Gasteiger charge is -2.23. The monoisotopic (exact) mass is 183 g/mol. The molecule has 0 aliphatic rings. The maximum atomic E-state index is 8.88. The van der Waals surface area contributed by atoms with Crippen molar-refractivity contribution < 1.29 is 0 Å². The van der Waals surface area contributed by atoms with Gasteiger partial charge in [-0.05, 0) is 26.9 Å². The summed E-state index contributed by atoms with van der Waals surface area (Å²) in [6, 6.07) is 2.61. The average molecular weight is 183 g/mol. The second kappa shape index (κ2) is 6.88. The van der Waals surface area contributed by atoms with E-state index in [1.165, 1.54) is 0 Å². The fourth-order valence-electron chi connectivity index (χ4n) is 1.27. The van der Waals surface area contributed by atoms with Gasteiger partial charge in [0.25, 0.3) is 0 Å². The topological polar surface area (TPSA) is 39.1 Å². The zero-order chi connectivity index (χ0) is 10.3. The smallest absolute Gasteiger partial charge is 0.108 e. The van der Waals surface area contributed by atoms with Crippen molar-refractivity contribution in [1.29, 1.82) is 5.26 Å². The van der Waals surface area contributed by atoms with Crippen molar-refractivity contribution in [3.8, 4) is 6.07 Å². The molecule has 3 heteroatoms. The summed E-state index contributed by atoms with van der Waals surface area (Å²) in [5.41, 5.74) is 0. The van der Waals surface area contributed by atoms with Gasteiger partial charge in [0.05, 0.1) is 6.07 Å². The van der Waals surface area contributed by atoms with Crippen LogP contribution in [0.5, 0.6) is 0 Å². The Balaban J connectivity index is 3.90. The summed E-state index contributed by atoms with van der Waals surface area (Å²) >= 11 is 0. The number of nitrogens with one attached hydrogen (secondary N) is 1. The Labute approximate surface area is 81.7 Å². The molecule has 3 nitrogen and oxygen atoms in total. The Bertz CT molecular complexity index is 156. The predicted octanol–water partition coefficient (Wildman–Crippen LogP) is 1.22. The van der Waals surface area contributed by atoms with Crippen LogP contribution < -0.4 is 5.32 Å². The highest BCUT2D eigenvalue weighted by atomic mass is 15.1. The third-order valence-corrected chi connectivity index (χ3v) is 2.03. The minimum atomic E-state index is -0.0418. The number of likely N-dealkylation sites (N-methyl/N-ethyl adjacent to an activating group) is 1. The minimum absolute atomic E-state index is 0.0418. The summed E-state index contributed by atoms with van der Waals surface area (Å²) in [5.74, 6) is 0. The quantitative estimate of drug-likeness (QED) is 0.673. The summed E-state index contributed by atoms with van der Waals surface area (Å²) in [6.07, 6.45) is 0. The molecule has 1 N–H and O–H groups in total. The lowest BCUT2D eigenvalue weighted by atomic mass is 10.2. The van der Waals surface area contributed by atoms with E-state index in [2.05, 4.69) is 44.0 Å². The molecule has 0 aliphatic carbocycles. The van der Waals surface area contributed by atoms with Crippen LogP contribution in [-0.2, 0) is 0 Å². The zero-order valence-electron chi connectivity index (χ0n) is 9.17. The average Bonchev–Trinajstić information content (AvgIpc) is 2.11. The van der Waals surface area contributed by atoms with E-state index in [4.69, 9.17) is 5.26 Å². The van der Waals surface area contributed by atoms with Crippen molar-refractivity contribution in [3.05, 3.63) is 0 Å². The van der Waals surface area contributed by atoms with Crippen molar-refractivity contribution in [2.24, 2.45) is 0 Å². The van der Waals surface area contributed by atoms with Crippen molar-refractivity contribution >= 4 is 0 Å². The molecule has 0 saturated heterocycles. The van der Waals surface area contributed by atoms with Gasteiger partial charge in [-0.3, -0.25) is 5.32 Å². The third kappa shape index (κ3) is 5.62. The van der Waals surface area contributed by atoms with Gasteiger partial charge in [-0.15, -0.1) is 0 Å². The van der Waals surface area contributed by atoms with E-state index in [1.54, 1.807) is 0 Å². The first-order valence-electron chi connectivity index (χ1n) is 5.02. The number of hydrogen-bond donors (Lipinski definition) is 1. The highest BCUT2D eigenvalue weighted by Gasteiger charge is 2.11. The molecule has 0 fully saturated rings. The summed E-state index contributed by atoms with van der Waals surface area (Å²) in [4.78, 5) is 2.25. The fourth-order valence-corrected chi connectivity index (χ4v) is 1.27. The molecule has 0 amide bonds. The maximum Gasteiger partial charge on any atom is 0.108 e. The highest BCUT2D eigenvalue weighted by molar-refractivity contribution is 4.92. The van der Waals surface area contributed by atoms with Gasteiger partial charge in [0.1, 0.15) is 6.04 Å². The number of rotatable bonds is 6. The molecule has 0 heterocycles. The van der Waals surface area contributed by atoms with Crippen LogP contribution in [0.3, 0.4) is 0 Å². The van der Waals surface area contributed by atoms with Gasteiger partial charge in [0.2, 0.25) is 0 Å². The SMILES string of the molecule is CCN(CC)CC(C#N)NC(C)C. The highest BCUT2D eigenvalue weighted by Crippen LogP contribution is 1.93. The largest absolute Gasteiger partial charge is 0.301 e. The molecular formula is C10H21N3. The van der Waals surface area contributed by atoms with Gasteiger partial charge >= 0.3 is 0 Å². The second-order valence-electron chi connectivity index (χ2n) is 3.49. The molecule has 0 aromatic heterocycles. The lowest BCUT2D eigenvalue weighted by molar-refractivity contribution is 0.278. The third-order valence-electron chi connectivity index (χ3n) is 2.03. The van der Waals surface area contributed by atoms with E-state index < -0.39 is 0 Å². The van der Waals surface area contributed by atoms with Gasteiger partial charge in [0, 0.05) is 12.6 Å². The molecule has 0 aromatic rings. The normalized spacial score (nSPS) is 13.3. The Morgan fingerprint density at radius 1 is 1.31 bits per heavy atom. The molecule has 0 radical (unpaired) electrons. The molecule has 76 valence electrons. The van der Waals surface area contributed by atoms with Crippen LogP contribution >= 0.6 is 0 Å². The van der Waals surface area contributed by atoms with E-state index >= 15 is 0 Å². The summed E-state index contributed by atoms with van der Waals surface area (Å²) in [6.45, 7) is 11.2. The molecule has 0 saturated carbocycles. The predicted molar refractivity (Wildman–Crippen MR) is 55.5 cm³/mol. The van der Waals surface area contributed by atoms with Crippen molar-refractivity contribution in [1.82, 2.24) is 10.2 Å². The fraction of sp³-hybridized carbons (Fsp3) is 0.900. The van der Waals surface area contributed by atoms with Crippen LogP contribution in [0, 0.1) is 11.3 Å². The van der Waals surface area contributed by atoms with Gasteiger partial charge in [-0.25, -0.2) is 0 Å². The molecule has 0 spiro atoms. The Hall–Kier alpha value is -0.590. The second-order valence-corrected chi connectivity index (χ2v) is 3.49. The molecule has 1 atom stereocenters. The molecule has 13 heavy (non-hydrogen) atoms. The van der Waals surface area contributed by atoms with Gasteiger partial charge in [-0.2, -0.15) is 5.26 Å². The first-order chi connectivity index (χ1) is 6.13. The van der Waals surface area contributed by atoms with E-state index in [9.17, 15) is 0 Å². The summed E-state index contributed by atoms with van der Waals surface area (Å²) in [7, 11) is 0. The van der Waals surface area contributed by atoms with Crippen molar-refractivity contribution in [2.45, 2.75) is 39.8 Å². The van der Waals surface area contributed by atoms with Crippen LogP contribution in [0.1, 0.15) is 27.7 Å². The number of hydrogen-bond acceptors (Lipinski definition) is 3. The van der Waals surface area contributed by atoms with Crippen LogP contribution in [0.4, 0.5) is 0 Å². The van der Waals surface area contributed by atoms with E-state index in [1.807, 2.05) is 0 Å². The van der Waals surface area contributed by atoms with Crippen LogP contribution in [-0.4, -0.2) is 36.6 Å². The number of nitrogens with zero attached hydrogens (tertiary/aromatic N) is 2. The zero-order valence-corrected chi connectivity index (χ0v) is 9.17. The van der Waals surface area contributed by atoms with E-state index in [0.29, 0.717) is 6.04 Å². The standard InChI is InChI=1S/C10H21N3/c1-5-13(6-2)8-10(7-11)12-9(3)4/h9-10,12H,5-6,8H2,1-4H3. The molecule has 1 unspecified atom stereocenters. The number of nitriles is 1. The van der Waals surface area contributed by atoms with Crippen LogP contribution in [0.15, 0.2) is 0 Å². The van der Waals surface area contributed by atoms with Crippen molar-refractivity contribution in [3.63, 3.8) is 0 Å². The molecule has 0 aromatic carbocycles. The summed E-state index contributed by atoms with van der Waals surface area (Å²) in [5, 5.41) is 12.1. The molecule has 0 bridgehead atoms. The van der Waals surface area contributed by atoms with Crippen LogP contribution in [0.25, 0.3) is 0 Å². The van der Waals surface area contributed by atoms with Gasteiger partial charge < -0.3 is 4.90 Å². The van der Waals surface area contributed by atoms with E-state index in [-0.39, 0.29) is 6.04 Å². The Morgan fingerprint density at radius 3 is 2.15 bits per heavy atom. The first kappa shape index (κ1) is 12.4. The molecular weight excluding hydrogens is 162 g/mol. The van der Waals surface area contributed by atoms with Crippen molar-refractivity contribution in [2.75, 3.05) is 19.6 Å². The minimum Gasteiger partial charge on any atom is -0.301 e.